The van der Waals surface area contributed by atoms with E-state index in [-0.39, 0.29) is 21.3 Å². The van der Waals surface area contributed by atoms with Crippen LogP contribution in [0.4, 0.5) is 0 Å². The first kappa shape index (κ1) is 15.4. The van der Waals surface area contributed by atoms with Crippen LogP contribution in [0.3, 0.4) is 0 Å². The van der Waals surface area contributed by atoms with Gasteiger partial charge in [0.15, 0.2) is 0 Å². The maximum absolute atomic E-state index is 12.8. The number of aromatic hydroxyl groups is 2. The lowest BCUT2D eigenvalue weighted by atomic mass is 10.1. The molecule has 21 heavy (non-hydrogen) atoms. The van der Waals surface area contributed by atoms with Gasteiger partial charge < -0.3 is 10.2 Å². The maximum Gasteiger partial charge on any atom is 0.214 e. The predicted octanol–water partition coefficient (Wildman–Crippen LogP) is 3.16. The molecule has 2 aromatic carbocycles. The van der Waals surface area contributed by atoms with Gasteiger partial charge in [0.1, 0.15) is 21.3 Å². The highest BCUT2D eigenvalue weighted by Gasteiger charge is 2.28. The maximum atomic E-state index is 12.8. The van der Waals surface area contributed by atoms with E-state index in [1.54, 1.807) is 39.8 Å². The first-order valence-electron chi connectivity index (χ1n) is 6.51. The van der Waals surface area contributed by atoms with Gasteiger partial charge in [-0.1, -0.05) is 12.1 Å². The minimum atomic E-state index is -3.99. The third kappa shape index (κ3) is 2.38. The molecule has 5 heteroatoms. The highest BCUT2D eigenvalue weighted by molar-refractivity contribution is 7.91. The second-order valence-corrected chi connectivity index (χ2v) is 7.07. The first-order valence-corrected chi connectivity index (χ1v) is 7.99. The second-order valence-electron chi connectivity index (χ2n) is 5.21. The van der Waals surface area contributed by atoms with E-state index in [0.717, 1.165) is 11.1 Å². The Labute approximate surface area is 124 Å². The molecule has 0 bridgehead atoms. The Bertz CT molecular complexity index is 821. The van der Waals surface area contributed by atoms with Crippen molar-refractivity contribution < 1.29 is 18.6 Å². The molecule has 0 amide bonds. The lowest BCUT2D eigenvalue weighted by Gasteiger charge is -2.14. The molecular weight excluding hydrogens is 288 g/mol. The van der Waals surface area contributed by atoms with Crippen LogP contribution in [0.25, 0.3) is 0 Å². The SMILES string of the molecule is Cc1ccc(S(=O)(=O)c2c(O)ccc(C)c2C)c(O)c1C. The van der Waals surface area contributed by atoms with Crippen LogP contribution in [0.5, 0.6) is 11.5 Å². The van der Waals surface area contributed by atoms with Crippen LogP contribution < -0.4 is 0 Å². The van der Waals surface area contributed by atoms with Crippen LogP contribution in [0.2, 0.25) is 0 Å². The first-order chi connectivity index (χ1) is 9.67. The molecular formula is C16H18O4S. The molecule has 0 heterocycles. The molecule has 0 atom stereocenters. The minimum Gasteiger partial charge on any atom is -0.507 e. The Kier molecular flexibility index (Phi) is 3.72. The van der Waals surface area contributed by atoms with Crippen LogP contribution in [0.1, 0.15) is 22.3 Å². The van der Waals surface area contributed by atoms with Gasteiger partial charge in [0.2, 0.25) is 9.84 Å². The van der Waals surface area contributed by atoms with E-state index in [1.165, 1.54) is 12.1 Å². The van der Waals surface area contributed by atoms with Crippen LogP contribution in [0, 0.1) is 27.7 Å². The van der Waals surface area contributed by atoms with E-state index >= 15 is 0 Å². The summed E-state index contributed by atoms with van der Waals surface area (Å²) in [5.74, 6) is -0.578. The van der Waals surface area contributed by atoms with Crippen molar-refractivity contribution in [3.8, 4) is 11.5 Å². The van der Waals surface area contributed by atoms with Gasteiger partial charge in [0.25, 0.3) is 0 Å². The van der Waals surface area contributed by atoms with E-state index < -0.39 is 9.84 Å². The normalized spacial score (nSPS) is 11.6. The molecule has 0 aliphatic rings. The molecule has 2 N–H and O–H groups in total. The second kappa shape index (κ2) is 5.07. The van der Waals surface area contributed by atoms with E-state index in [2.05, 4.69) is 0 Å². The number of phenols is 2. The predicted molar refractivity (Wildman–Crippen MR) is 80.6 cm³/mol. The zero-order valence-corrected chi connectivity index (χ0v) is 13.2. The monoisotopic (exact) mass is 306 g/mol. The number of benzene rings is 2. The van der Waals surface area contributed by atoms with Gasteiger partial charge in [-0.05, 0) is 62.1 Å². The highest BCUT2D eigenvalue weighted by atomic mass is 32.2. The van der Waals surface area contributed by atoms with Gasteiger partial charge in [-0.2, -0.15) is 0 Å². The molecule has 4 nitrogen and oxygen atoms in total. The topological polar surface area (TPSA) is 74.6 Å². The Morgan fingerprint density at radius 3 is 1.95 bits per heavy atom. The largest absolute Gasteiger partial charge is 0.507 e. The zero-order valence-electron chi connectivity index (χ0n) is 12.4. The van der Waals surface area contributed by atoms with Gasteiger partial charge >= 0.3 is 0 Å². The fourth-order valence-corrected chi connectivity index (χ4v) is 4.00. The quantitative estimate of drug-likeness (QED) is 0.893. The standard InChI is InChI=1S/C16H18O4S/c1-9-6-8-14(15(18)11(9)3)21(19,20)16-12(4)10(2)5-7-13(16)17/h5-8,17-18H,1-4H3. The van der Waals surface area contributed by atoms with Crippen molar-refractivity contribution in [2.24, 2.45) is 0 Å². The number of aryl methyl sites for hydroxylation is 2. The van der Waals surface area contributed by atoms with Crippen molar-refractivity contribution in [2.45, 2.75) is 37.5 Å². The van der Waals surface area contributed by atoms with E-state index in [1.807, 2.05) is 0 Å². The number of hydrogen-bond acceptors (Lipinski definition) is 4. The Balaban J connectivity index is 2.81. The summed E-state index contributed by atoms with van der Waals surface area (Å²) in [4.78, 5) is -0.337. The van der Waals surface area contributed by atoms with Crippen molar-refractivity contribution in [3.63, 3.8) is 0 Å². The third-order valence-corrected chi connectivity index (χ3v) is 5.84. The van der Waals surface area contributed by atoms with Crippen LogP contribution in [-0.2, 0) is 9.84 Å². The van der Waals surface area contributed by atoms with Crippen molar-refractivity contribution >= 4 is 9.84 Å². The minimum absolute atomic E-state index is 0.152. The summed E-state index contributed by atoms with van der Waals surface area (Å²) in [6.07, 6.45) is 0. The van der Waals surface area contributed by atoms with Gasteiger partial charge in [-0.3, -0.25) is 0 Å². The summed E-state index contributed by atoms with van der Waals surface area (Å²) in [5.41, 5.74) is 2.56. The molecule has 0 saturated carbocycles. The summed E-state index contributed by atoms with van der Waals surface area (Å²) in [7, 11) is -3.99. The Morgan fingerprint density at radius 1 is 0.810 bits per heavy atom. The molecule has 0 fully saturated rings. The molecule has 0 unspecified atom stereocenters. The molecule has 0 spiro atoms. The van der Waals surface area contributed by atoms with Gasteiger partial charge in [-0.15, -0.1) is 0 Å². The van der Waals surface area contributed by atoms with Crippen molar-refractivity contribution in [1.82, 2.24) is 0 Å². The molecule has 0 radical (unpaired) electrons. The lowest BCUT2D eigenvalue weighted by Crippen LogP contribution is -2.07. The Morgan fingerprint density at radius 2 is 1.33 bits per heavy atom. The third-order valence-electron chi connectivity index (χ3n) is 3.88. The van der Waals surface area contributed by atoms with Gasteiger partial charge in [0.05, 0.1) is 0 Å². The number of phenolic OH excluding ortho intramolecular Hbond substituents is 2. The van der Waals surface area contributed by atoms with E-state index in [9.17, 15) is 18.6 Å². The van der Waals surface area contributed by atoms with Crippen molar-refractivity contribution in [3.05, 3.63) is 46.5 Å². The average Bonchev–Trinajstić information content (AvgIpc) is 2.40. The fourth-order valence-electron chi connectivity index (χ4n) is 2.22. The zero-order chi connectivity index (χ0) is 15.9. The van der Waals surface area contributed by atoms with Crippen LogP contribution in [0.15, 0.2) is 34.1 Å². The smallest absolute Gasteiger partial charge is 0.214 e. The van der Waals surface area contributed by atoms with Gasteiger partial charge in [-0.25, -0.2) is 8.42 Å². The van der Waals surface area contributed by atoms with Crippen LogP contribution in [-0.4, -0.2) is 18.6 Å². The summed E-state index contributed by atoms with van der Waals surface area (Å²) < 4.78 is 25.6. The van der Waals surface area contributed by atoms with E-state index in [0.29, 0.717) is 11.1 Å². The molecule has 0 saturated heterocycles. The number of rotatable bonds is 2. The highest BCUT2D eigenvalue weighted by Crippen LogP contribution is 2.38. The molecule has 0 aromatic heterocycles. The van der Waals surface area contributed by atoms with Crippen molar-refractivity contribution in [2.75, 3.05) is 0 Å². The summed E-state index contributed by atoms with van der Waals surface area (Å²) in [6, 6.07) is 6.02. The van der Waals surface area contributed by atoms with Crippen LogP contribution >= 0.6 is 0 Å². The van der Waals surface area contributed by atoms with Crippen molar-refractivity contribution in [1.29, 1.82) is 0 Å². The fraction of sp³-hybridized carbons (Fsp3) is 0.250. The molecule has 112 valence electrons. The number of sulfone groups is 1. The molecule has 2 aromatic rings. The number of hydrogen-bond donors (Lipinski definition) is 2. The average molecular weight is 306 g/mol. The summed E-state index contributed by atoms with van der Waals surface area (Å²) >= 11 is 0. The summed E-state index contributed by atoms with van der Waals surface area (Å²) in [6.45, 7) is 6.86. The molecule has 0 aliphatic carbocycles. The van der Waals surface area contributed by atoms with Gasteiger partial charge in [0, 0.05) is 0 Å². The van der Waals surface area contributed by atoms with E-state index in [4.69, 9.17) is 0 Å². The molecule has 2 rings (SSSR count). The summed E-state index contributed by atoms with van der Waals surface area (Å²) in [5, 5.41) is 20.1. The lowest BCUT2D eigenvalue weighted by molar-refractivity contribution is 0.449. The molecule has 0 aliphatic heterocycles. The Hall–Kier alpha value is -2.01.